The summed E-state index contributed by atoms with van der Waals surface area (Å²) in [5.74, 6) is -0.442. The molecule has 0 atom stereocenters. The molecule has 0 saturated heterocycles. The first-order chi connectivity index (χ1) is 10.0. The molecule has 4 nitrogen and oxygen atoms in total. The van der Waals surface area contributed by atoms with Crippen molar-refractivity contribution in [3.8, 4) is 11.8 Å². The van der Waals surface area contributed by atoms with Crippen LogP contribution in [0.3, 0.4) is 0 Å². The standard InChI is InChI=1S/C16H19FN2O2/c1-19(15(20)16(11-18)7-3-4-8-16)10-12-5-6-14(21-2)13(17)9-12/h5-6,9H,3-4,7-8,10H2,1-2H3. The number of rotatable bonds is 4. The highest BCUT2D eigenvalue weighted by Crippen LogP contribution is 2.39. The van der Waals surface area contributed by atoms with Crippen LogP contribution in [0.15, 0.2) is 18.2 Å². The monoisotopic (exact) mass is 290 g/mol. The lowest BCUT2D eigenvalue weighted by atomic mass is 9.86. The fourth-order valence-corrected chi connectivity index (χ4v) is 2.87. The van der Waals surface area contributed by atoms with Gasteiger partial charge in [-0.1, -0.05) is 18.9 Å². The van der Waals surface area contributed by atoms with Crippen molar-refractivity contribution in [1.82, 2.24) is 4.90 Å². The van der Waals surface area contributed by atoms with Gasteiger partial charge in [-0.2, -0.15) is 5.26 Å². The van der Waals surface area contributed by atoms with Crippen LogP contribution < -0.4 is 4.74 Å². The topological polar surface area (TPSA) is 53.3 Å². The summed E-state index contributed by atoms with van der Waals surface area (Å²) >= 11 is 0. The van der Waals surface area contributed by atoms with E-state index in [-0.39, 0.29) is 18.2 Å². The highest BCUT2D eigenvalue weighted by atomic mass is 19.1. The van der Waals surface area contributed by atoms with Crippen LogP contribution in [0.25, 0.3) is 0 Å². The number of benzene rings is 1. The number of amides is 1. The van der Waals surface area contributed by atoms with Gasteiger partial charge in [0, 0.05) is 13.6 Å². The van der Waals surface area contributed by atoms with Gasteiger partial charge in [0.2, 0.25) is 5.91 Å². The zero-order valence-electron chi connectivity index (χ0n) is 12.4. The van der Waals surface area contributed by atoms with Gasteiger partial charge in [-0.15, -0.1) is 0 Å². The summed E-state index contributed by atoms with van der Waals surface area (Å²) in [6.45, 7) is 0.281. The molecule has 1 aromatic carbocycles. The Morgan fingerprint density at radius 3 is 2.67 bits per heavy atom. The minimum absolute atomic E-state index is 0.168. The molecule has 0 aliphatic heterocycles. The van der Waals surface area contributed by atoms with E-state index < -0.39 is 11.2 Å². The van der Waals surface area contributed by atoms with Crippen LogP contribution in [0.5, 0.6) is 5.75 Å². The molecule has 0 spiro atoms. The van der Waals surface area contributed by atoms with Crippen LogP contribution in [-0.2, 0) is 11.3 Å². The van der Waals surface area contributed by atoms with Crippen molar-refractivity contribution in [1.29, 1.82) is 5.26 Å². The highest BCUT2D eigenvalue weighted by molar-refractivity contribution is 5.85. The van der Waals surface area contributed by atoms with Crippen LogP contribution >= 0.6 is 0 Å². The lowest BCUT2D eigenvalue weighted by Gasteiger charge is -2.26. The maximum absolute atomic E-state index is 13.7. The van der Waals surface area contributed by atoms with Gasteiger partial charge in [0.15, 0.2) is 11.6 Å². The highest BCUT2D eigenvalue weighted by Gasteiger charge is 2.43. The zero-order valence-corrected chi connectivity index (χ0v) is 12.4. The lowest BCUT2D eigenvalue weighted by Crippen LogP contribution is -2.39. The molecule has 0 heterocycles. The van der Waals surface area contributed by atoms with Gasteiger partial charge in [-0.3, -0.25) is 4.79 Å². The molecule has 1 saturated carbocycles. The number of nitriles is 1. The Kier molecular flexibility index (Phi) is 4.46. The number of carbonyl (C=O) groups excluding carboxylic acids is 1. The van der Waals surface area contributed by atoms with Crippen LogP contribution in [0.4, 0.5) is 4.39 Å². The zero-order chi connectivity index (χ0) is 15.5. The third kappa shape index (κ3) is 2.99. The van der Waals surface area contributed by atoms with E-state index in [2.05, 4.69) is 6.07 Å². The van der Waals surface area contributed by atoms with Crippen molar-refractivity contribution in [3.05, 3.63) is 29.6 Å². The molecule has 1 fully saturated rings. The third-order valence-corrected chi connectivity index (χ3v) is 4.06. The van der Waals surface area contributed by atoms with E-state index in [9.17, 15) is 14.4 Å². The van der Waals surface area contributed by atoms with Gasteiger partial charge in [-0.25, -0.2) is 4.39 Å². The van der Waals surface area contributed by atoms with Crippen LogP contribution in [0.1, 0.15) is 31.2 Å². The predicted molar refractivity (Wildman–Crippen MR) is 75.9 cm³/mol. The average Bonchev–Trinajstić information content (AvgIpc) is 2.96. The van der Waals surface area contributed by atoms with Gasteiger partial charge in [0.05, 0.1) is 13.2 Å². The molecule has 5 heteroatoms. The molecule has 1 aromatic rings. The number of hydrogen-bond donors (Lipinski definition) is 0. The number of carbonyl (C=O) groups is 1. The lowest BCUT2D eigenvalue weighted by molar-refractivity contribution is -0.138. The van der Waals surface area contributed by atoms with Gasteiger partial charge in [0.1, 0.15) is 5.41 Å². The van der Waals surface area contributed by atoms with Crippen molar-refractivity contribution in [2.24, 2.45) is 5.41 Å². The molecule has 0 N–H and O–H groups in total. The van der Waals surface area contributed by atoms with E-state index >= 15 is 0 Å². The average molecular weight is 290 g/mol. The second kappa shape index (κ2) is 6.13. The van der Waals surface area contributed by atoms with E-state index in [0.29, 0.717) is 18.4 Å². The molecule has 2 rings (SSSR count). The quantitative estimate of drug-likeness (QED) is 0.856. The Hall–Kier alpha value is -2.09. The number of ether oxygens (including phenoxy) is 1. The second-order valence-corrected chi connectivity index (χ2v) is 5.53. The molecule has 0 aromatic heterocycles. The van der Waals surface area contributed by atoms with Crippen LogP contribution in [0, 0.1) is 22.6 Å². The minimum Gasteiger partial charge on any atom is -0.494 e. The summed E-state index contributed by atoms with van der Waals surface area (Å²) < 4.78 is 18.5. The molecule has 1 amide bonds. The van der Waals surface area contributed by atoms with Gasteiger partial charge in [-0.05, 0) is 30.5 Å². The minimum atomic E-state index is -0.889. The smallest absolute Gasteiger partial charge is 0.243 e. The van der Waals surface area contributed by atoms with Crippen molar-refractivity contribution in [3.63, 3.8) is 0 Å². The number of methoxy groups -OCH3 is 1. The molecule has 0 radical (unpaired) electrons. The fourth-order valence-electron chi connectivity index (χ4n) is 2.87. The maximum atomic E-state index is 13.7. The van der Waals surface area contributed by atoms with Crippen LogP contribution in [0.2, 0.25) is 0 Å². The van der Waals surface area contributed by atoms with Crippen molar-refractivity contribution >= 4 is 5.91 Å². The normalized spacial score (nSPS) is 16.3. The number of nitrogens with zero attached hydrogens (tertiary/aromatic N) is 2. The molecule has 1 aliphatic carbocycles. The molecule has 112 valence electrons. The summed E-state index contributed by atoms with van der Waals surface area (Å²) in [6, 6.07) is 6.81. The van der Waals surface area contributed by atoms with Crippen LogP contribution in [-0.4, -0.2) is 25.0 Å². The third-order valence-electron chi connectivity index (χ3n) is 4.06. The first kappa shape index (κ1) is 15.3. The predicted octanol–water partition coefficient (Wildman–Crippen LogP) is 2.88. The Labute approximate surface area is 124 Å². The van der Waals surface area contributed by atoms with E-state index in [4.69, 9.17) is 4.74 Å². The summed E-state index contributed by atoms with van der Waals surface area (Å²) in [6.07, 6.45) is 3.04. The van der Waals surface area contributed by atoms with Gasteiger partial charge < -0.3 is 9.64 Å². The van der Waals surface area contributed by atoms with Crippen molar-refractivity contribution in [2.45, 2.75) is 32.2 Å². The van der Waals surface area contributed by atoms with Crippen molar-refractivity contribution < 1.29 is 13.9 Å². The SMILES string of the molecule is COc1ccc(CN(C)C(=O)C2(C#N)CCCC2)cc1F. The van der Waals surface area contributed by atoms with Gasteiger partial charge in [0.25, 0.3) is 0 Å². The number of hydrogen-bond acceptors (Lipinski definition) is 3. The summed E-state index contributed by atoms with van der Waals surface area (Å²) in [5.41, 5.74) is -0.213. The molecule has 1 aliphatic rings. The first-order valence-electron chi connectivity index (χ1n) is 7.01. The van der Waals surface area contributed by atoms with Gasteiger partial charge >= 0.3 is 0 Å². The van der Waals surface area contributed by atoms with Crippen molar-refractivity contribution in [2.75, 3.05) is 14.2 Å². The molecule has 21 heavy (non-hydrogen) atoms. The Morgan fingerprint density at radius 2 is 2.14 bits per heavy atom. The number of halogens is 1. The summed E-state index contributed by atoms with van der Waals surface area (Å²) in [5, 5.41) is 9.34. The fraction of sp³-hybridized carbons (Fsp3) is 0.500. The molecular weight excluding hydrogens is 271 g/mol. The summed E-state index contributed by atoms with van der Waals surface area (Å²) in [7, 11) is 3.06. The molecule has 0 bridgehead atoms. The first-order valence-corrected chi connectivity index (χ1v) is 7.01. The van der Waals surface area contributed by atoms with E-state index in [0.717, 1.165) is 12.8 Å². The molecule has 0 unspecified atom stereocenters. The Balaban J connectivity index is 2.11. The maximum Gasteiger partial charge on any atom is 0.243 e. The van der Waals surface area contributed by atoms with E-state index in [1.165, 1.54) is 18.1 Å². The summed E-state index contributed by atoms with van der Waals surface area (Å²) in [4.78, 5) is 14.0. The van der Waals surface area contributed by atoms with E-state index in [1.807, 2.05) is 0 Å². The Morgan fingerprint density at radius 1 is 1.48 bits per heavy atom. The van der Waals surface area contributed by atoms with E-state index in [1.54, 1.807) is 19.2 Å². The Bertz CT molecular complexity index is 574. The molecular formula is C16H19FN2O2. The second-order valence-electron chi connectivity index (χ2n) is 5.53. The largest absolute Gasteiger partial charge is 0.494 e.